The fraction of sp³-hybridized carbons (Fsp3) is 1.00. The zero-order valence-electron chi connectivity index (χ0n) is 10.3. The van der Waals surface area contributed by atoms with Crippen molar-refractivity contribution in [1.29, 1.82) is 0 Å². The summed E-state index contributed by atoms with van der Waals surface area (Å²) in [6.45, 7) is 1.37. The van der Waals surface area contributed by atoms with E-state index in [4.69, 9.17) is 5.73 Å². The van der Waals surface area contributed by atoms with Gasteiger partial charge in [0.2, 0.25) is 0 Å². The minimum atomic E-state index is -4.02. The van der Waals surface area contributed by atoms with E-state index in [0.29, 0.717) is 13.0 Å². The van der Waals surface area contributed by atoms with Crippen LogP contribution in [0.3, 0.4) is 0 Å². The third kappa shape index (κ3) is 6.88. The molecule has 0 amide bonds. The molecular formula is C12H23F3N2. The van der Waals surface area contributed by atoms with Crippen molar-refractivity contribution in [3.8, 4) is 0 Å². The van der Waals surface area contributed by atoms with Crippen LogP contribution in [-0.4, -0.2) is 24.8 Å². The molecule has 17 heavy (non-hydrogen) atoms. The number of rotatable bonds is 6. The first-order valence-corrected chi connectivity index (χ1v) is 6.48. The highest BCUT2D eigenvalue weighted by Gasteiger charge is 2.27. The van der Waals surface area contributed by atoms with Crippen LogP contribution in [0.25, 0.3) is 0 Å². The lowest BCUT2D eigenvalue weighted by atomic mass is 9.82. The standard InChI is InChI=1S/C12H23F3N2/c13-12(14,15)8-4-5-9-17-10-11(16)6-2-1-3-7-11/h17H,1-10,16H2. The van der Waals surface area contributed by atoms with Gasteiger partial charge in [0.15, 0.2) is 0 Å². The van der Waals surface area contributed by atoms with E-state index in [2.05, 4.69) is 5.32 Å². The van der Waals surface area contributed by atoms with Crippen LogP contribution in [0.15, 0.2) is 0 Å². The highest BCUT2D eigenvalue weighted by atomic mass is 19.4. The monoisotopic (exact) mass is 252 g/mol. The second-order valence-electron chi connectivity index (χ2n) is 5.17. The van der Waals surface area contributed by atoms with Crippen molar-refractivity contribution < 1.29 is 13.2 Å². The highest BCUT2D eigenvalue weighted by molar-refractivity contribution is 4.89. The summed E-state index contributed by atoms with van der Waals surface area (Å²) in [6, 6.07) is 0. The fourth-order valence-electron chi connectivity index (χ4n) is 2.35. The Labute approximate surface area is 101 Å². The first kappa shape index (κ1) is 14.8. The number of nitrogens with two attached hydrogens (primary N) is 1. The van der Waals surface area contributed by atoms with Crippen molar-refractivity contribution in [3.63, 3.8) is 0 Å². The summed E-state index contributed by atoms with van der Waals surface area (Å²) >= 11 is 0. The van der Waals surface area contributed by atoms with Crippen LogP contribution >= 0.6 is 0 Å². The van der Waals surface area contributed by atoms with E-state index < -0.39 is 12.6 Å². The molecule has 1 aliphatic rings. The topological polar surface area (TPSA) is 38.0 Å². The summed E-state index contributed by atoms with van der Waals surface area (Å²) in [5, 5.41) is 3.19. The van der Waals surface area contributed by atoms with Crippen LogP contribution in [-0.2, 0) is 0 Å². The second kappa shape index (κ2) is 6.59. The lowest BCUT2D eigenvalue weighted by molar-refractivity contribution is -0.135. The second-order valence-corrected chi connectivity index (χ2v) is 5.17. The molecule has 0 aromatic rings. The van der Waals surface area contributed by atoms with E-state index in [1.54, 1.807) is 0 Å². The van der Waals surface area contributed by atoms with E-state index >= 15 is 0 Å². The smallest absolute Gasteiger partial charge is 0.324 e. The average Bonchev–Trinajstić information content (AvgIpc) is 2.23. The average molecular weight is 252 g/mol. The van der Waals surface area contributed by atoms with Gasteiger partial charge in [-0.3, -0.25) is 0 Å². The van der Waals surface area contributed by atoms with Gasteiger partial charge in [0.05, 0.1) is 0 Å². The number of unbranched alkanes of at least 4 members (excludes halogenated alkanes) is 1. The first-order valence-electron chi connectivity index (χ1n) is 6.48. The molecule has 0 saturated heterocycles. The lowest BCUT2D eigenvalue weighted by Crippen LogP contribution is -2.50. The van der Waals surface area contributed by atoms with Gasteiger partial charge < -0.3 is 11.1 Å². The Morgan fingerprint density at radius 2 is 1.71 bits per heavy atom. The zero-order chi connectivity index (χ0) is 12.8. The largest absolute Gasteiger partial charge is 0.389 e. The molecule has 1 saturated carbocycles. The maximum atomic E-state index is 11.9. The summed E-state index contributed by atoms with van der Waals surface area (Å²) in [5.41, 5.74) is 6.08. The molecule has 2 nitrogen and oxygen atoms in total. The van der Waals surface area contributed by atoms with Crippen LogP contribution < -0.4 is 11.1 Å². The normalized spacial score (nSPS) is 20.5. The molecule has 3 N–H and O–H groups in total. The van der Waals surface area contributed by atoms with Gasteiger partial charge in [-0.15, -0.1) is 0 Å². The SMILES string of the molecule is NC1(CNCCCCC(F)(F)F)CCCCC1. The molecule has 5 heteroatoms. The van der Waals surface area contributed by atoms with Crippen molar-refractivity contribution in [3.05, 3.63) is 0 Å². The van der Waals surface area contributed by atoms with Crippen molar-refractivity contribution in [1.82, 2.24) is 5.32 Å². The Kier molecular flexibility index (Phi) is 5.73. The highest BCUT2D eigenvalue weighted by Crippen LogP contribution is 2.25. The Hall–Kier alpha value is -0.290. The van der Waals surface area contributed by atoms with Gasteiger partial charge in [-0.25, -0.2) is 0 Å². The van der Waals surface area contributed by atoms with E-state index in [-0.39, 0.29) is 12.0 Å². The van der Waals surface area contributed by atoms with Crippen LogP contribution in [0.1, 0.15) is 51.4 Å². The van der Waals surface area contributed by atoms with Gasteiger partial charge in [-0.1, -0.05) is 19.3 Å². The molecule has 0 aromatic carbocycles. The van der Waals surface area contributed by atoms with Gasteiger partial charge in [0.25, 0.3) is 0 Å². The summed E-state index contributed by atoms with van der Waals surface area (Å²) in [5.74, 6) is 0. The van der Waals surface area contributed by atoms with E-state index in [9.17, 15) is 13.2 Å². The molecule has 1 fully saturated rings. The molecule has 0 aliphatic heterocycles. The summed E-state index contributed by atoms with van der Waals surface area (Å²) < 4.78 is 35.6. The number of halogens is 3. The van der Waals surface area contributed by atoms with E-state index in [1.807, 2.05) is 0 Å². The van der Waals surface area contributed by atoms with Gasteiger partial charge in [-0.2, -0.15) is 13.2 Å². The third-order valence-electron chi connectivity index (χ3n) is 3.39. The quantitative estimate of drug-likeness (QED) is 0.713. The van der Waals surface area contributed by atoms with Crippen LogP contribution in [0.4, 0.5) is 13.2 Å². The Morgan fingerprint density at radius 1 is 1.06 bits per heavy atom. The third-order valence-corrected chi connectivity index (χ3v) is 3.39. The lowest BCUT2D eigenvalue weighted by Gasteiger charge is -2.33. The molecule has 1 aliphatic carbocycles. The minimum Gasteiger partial charge on any atom is -0.324 e. The predicted octanol–water partition coefficient (Wildman–Crippen LogP) is 2.97. The van der Waals surface area contributed by atoms with E-state index in [1.165, 1.54) is 19.3 Å². The minimum absolute atomic E-state index is 0.123. The summed E-state index contributed by atoms with van der Waals surface area (Å²) in [6.07, 6.45) is 1.73. The fourth-order valence-corrected chi connectivity index (χ4v) is 2.35. The van der Waals surface area contributed by atoms with Crippen LogP contribution in [0, 0.1) is 0 Å². The Bertz CT molecular complexity index is 210. The molecule has 102 valence electrons. The molecule has 0 aromatic heterocycles. The van der Waals surface area contributed by atoms with Crippen molar-refractivity contribution in [2.75, 3.05) is 13.1 Å². The molecule has 0 bridgehead atoms. The molecule has 0 atom stereocenters. The van der Waals surface area contributed by atoms with Crippen LogP contribution in [0.2, 0.25) is 0 Å². The Morgan fingerprint density at radius 3 is 2.29 bits per heavy atom. The Balaban J connectivity index is 2.00. The van der Waals surface area contributed by atoms with Gasteiger partial charge in [-0.05, 0) is 32.2 Å². The van der Waals surface area contributed by atoms with Crippen molar-refractivity contribution in [2.45, 2.75) is 63.1 Å². The maximum Gasteiger partial charge on any atom is 0.389 e. The summed E-state index contributed by atoms with van der Waals surface area (Å²) in [7, 11) is 0. The zero-order valence-corrected chi connectivity index (χ0v) is 10.3. The van der Waals surface area contributed by atoms with Gasteiger partial charge >= 0.3 is 6.18 Å². The maximum absolute atomic E-state index is 11.9. The van der Waals surface area contributed by atoms with Crippen LogP contribution in [0.5, 0.6) is 0 Å². The number of nitrogens with one attached hydrogen (secondary N) is 1. The van der Waals surface area contributed by atoms with Gasteiger partial charge in [0.1, 0.15) is 0 Å². The number of alkyl halides is 3. The molecule has 1 rings (SSSR count). The van der Waals surface area contributed by atoms with Gasteiger partial charge in [0, 0.05) is 18.5 Å². The molecule has 0 unspecified atom stereocenters. The van der Waals surface area contributed by atoms with Crippen molar-refractivity contribution in [2.24, 2.45) is 5.73 Å². The molecule has 0 radical (unpaired) electrons. The molecular weight excluding hydrogens is 229 g/mol. The van der Waals surface area contributed by atoms with Crippen molar-refractivity contribution >= 4 is 0 Å². The molecule has 0 heterocycles. The summed E-state index contributed by atoms with van der Waals surface area (Å²) in [4.78, 5) is 0. The van der Waals surface area contributed by atoms with E-state index in [0.717, 1.165) is 19.4 Å². The first-order chi connectivity index (χ1) is 7.91. The number of hydrogen-bond acceptors (Lipinski definition) is 2. The predicted molar refractivity (Wildman–Crippen MR) is 62.8 cm³/mol. The number of hydrogen-bond donors (Lipinski definition) is 2. The molecule has 0 spiro atoms.